The van der Waals surface area contributed by atoms with Crippen LogP contribution in [0.5, 0.6) is 0 Å². The summed E-state index contributed by atoms with van der Waals surface area (Å²) in [5.74, 6) is 0. The lowest BCUT2D eigenvalue weighted by molar-refractivity contribution is 0.180. The molecular weight excluding hydrogens is 162 g/mol. The molecule has 0 radical (unpaired) electrons. The van der Waals surface area contributed by atoms with Gasteiger partial charge in [-0.15, -0.1) is 0 Å². The number of methoxy groups -OCH3 is 1. The second kappa shape index (κ2) is 4.40. The van der Waals surface area contributed by atoms with Crippen molar-refractivity contribution in [2.45, 2.75) is 19.9 Å². The topological polar surface area (TPSA) is 35.2 Å². The Bertz CT molecular complexity index is 283. The Hall–Kier alpha value is -0.860. The molecule has 13 heavy (non-hydrogen) atoms. The lowest BCUT2D eigenvalue weighted by Crippen LogP contribution is -2.17. The van der Waals surface area contributed by atoms with E-state index in [1.165, 1.54) is 16.7 Å². The summed E-state index contributed by atoms with van der Waals surface area (Å²) in [5.41, 5.74) is 9.61. The smallest absolute Gasteiger partial charge is 0.0655 e. The summed E-state index contributed by atoms with van der Waals surface area (Å²) >= 11 is 0. The summed E-state index contributed by atoms with van der Waals surface area (Å²) < 4.78 is 5.03. The molecule has 1 rings (SSSR count). The van der Waals surface area contributed by atoms with E-state index in [0.717, 1.165) is 0 Å². The highest BCUT2D eigenvalue weighted by Crippen LogP contribution is 2.17. The summed E-state index contributed by atoms with van der Waals surface area (Å²) in [4.78, 5) is 0. The largest absolute Gasteiger partial charge is 0.383 e. The molecule has 2 heteroatoms. The normalized spacial score (nSPS) is 12.9. The van der Waals surface area contributed by atoms with Crippen molar-refractivity contribution < 1.29 is 4.74 Å². The molecule has 0 spiro atoms. The summed E-state index contributed by atoms with van der Waals surface area (Å²) in [7, 11) is 1.67. The number of hydrogen-bond donors (Lipinski definition) is 1. The van der Waals surface area contributed by atoms with Gasteiger partial charge < -0.3 is 10.5 Å². The van der Waals surface area contributed by atoms with Crippen LogP contribution in [0.25, 0.3) is 0 Å². The van der Waals surface area contributed by atoms with Crippen molar-refractivity contribution in [2.24, 2.45) is 5.73 Å². The minimum absolute atomic E-state index is 0.00935. The maximum absolute atomic E-state index is 5.95. The predicted molar refractivity (Wildman–Crippen MR) is 54.7 cm³/mol. The van der Waals surface area contributed by atoms with E-state index in [2.05, 4.69) is 32.0 Å². The highest BCUT2D eigenvalue weighted by molar-refractivity contribution is 5.32. The molecule has 0 aliphatic heterocycles. The minimum Gasteiger partial charge on any atom is -0.383 e. The van der Waals surface area contributed by atoms with Crippen LogP contribution in [0.2, 0.25) is 0 Å². The Kier molecular flexibility index (Phi) is 3.46. The van der Waals surface area contributed by atoms with Gasteiger partial charge in [-0.2, -0.15) is 0 Å². The van der Waals surface area contributed by atoms with Gasteiger partial charge in [0, 0.05) is 7.11 Å². The molecular formula is C11H17NO. The molecule has 0 amide bonds. The molecule has 0 unspecified atom stereocenters. The first kappa shape index (κ1) is 10.2. The van der Waals surface area contributed by atoms with Gasteiger partial charge in [0.05, 0.1) is 12.6 Å². The maximum atomic E-state index is 5.95. The van der Waals surface area contributed by atoms with E-state index in [4.69, 9.17) is 10.5 Å². The third-order valence-electron chi connectivity index (χ3n) is 2.18. The fourth-order valence-electron chi connectivity index (χ4n) is 1.43. The van der Waals surface area contributed by atoms with Crippen LogP contribution in [0.15, 0.2) is 18.2 Å². The zero-order valence-corrected chi connectivity index (χ0v) is 8.50. The van der Waals surface area contributed by atoms with Crippen molar-refractivity contribution in [3.05, 3.63) is 34.9 Å². The van der Waals surface area contributed by atoms with E-state index in [9.17, 15) is 0 Å². The zero-order chi connectivity index (χ0) is 9.84. The monoisotopic (exact) mass is 179 g/mol. The Morgan fingerprint density at radius 3 is 2.69 bits per heavy atom. The molecule has 0 saturated carbocycles. The van der Waals surface area contributed by atoms with Gasteiger partial charge in [0.2, 0.25) is 0 Å². The van der Waals surface area contributed by atoms with Crippen molar-refractivity contribution in [2.75, 3.05) is 13.7 Å². The molecule has 0 aliphatic carbocycles. The number of ether oxygens (including phenoxy) is 1. The molecule has 0 fully saturated rings. The number of rotatable bonds is 3. The molecule has 2 N–H and O–H groups in total. The van der Waals surface area contributed by atoms with Gasteiger partial charge in [-0.25, -0.2) is 0 Å². The highest BCUT2D eigenvalue weighted by Gasteiger charge is 2.07. The van der Waals surface area contributed by atoms with Crippen LogP contribution in [0.4, 0.5) is 0 Å². The van der Waals surface area contributed by atoms with Crippen LogP contribution in [-0.4, -0.2) is 13.7 Å². The number of hydrogen-bond acceptors (Lipinski definition) is 2. The molecule has 1 aromatic rings. The van der Waals surface area contributed by atoms with Crippen molar-refractivity contribution in [1.29, 1.82) is 0 Å². The van der Waals surface area contributed by atoms with Crippen LogP contribution in [-0.2, 0) is 4.74 Å². The fraction of sp³-hybridized carbons (Fsp3) is 0.455. The minimum atomic E-state index is -0.00935. The van der Waals surface area contributed by atoms with E-state index in [0.29, 0.717) is 6.61 Å². The molecule has 0 aromatic heterocycles. The van der Waals surface area contributed by atoms with E-state index in [1.54, 1.807) is 7.11 Å². The third kappa shape index (κ3) is 2.54. The number of nitrogens with two attached hydrogens (primary N) is 1. The molecule has 72 valence electrons. The average Bonchev–Trinajstić information content (AvgIpc) is 2.09. The lowest BCUT2D eigenvalue weighted by atomic mass is 10.00. The maximum Gasteiger partial charge on any atom is 0.0655 e. The molecule has 2 nitrogen and oxygen atoms in total. The quantitative estimate of drug-likeness (QED) is 0.769. The van der Waals surface area contributed by atoms with Crippen LogP contribution >= 0.6 is 0 Å². The van der Waals surface area contributed by atoms with Gasteiger partial charge in [-0.05, 0) is 25.0 Å². The van der Waals surface area contributed by atoms with Crippen LogP contribution < -0.4 is 5.73 Å². The van der Waals surface area contributed by atoms with Gasteiger partial charge >= 0.3 is 0 Å². The molecule has 1 atom stereocenters. The molecule has 0 saturated heterocycles. The van der Waals surface area contributed by atoms with Gasteiger partial charge in [-0.3, -0.25) is 0 Å². The van der Waals surface area contributed by atoms with Crippen molar-refractivity contribution in [3.63, 3.8) is 0 Å². The Morgan fingerprint density at radius 2 is 2.08 bits per heavy atom. The Morgan fingerprint density at radius 1 is 1.38 bits per heavy atom. The van der Waals surface area contributed by atoms with E-state index >= 15 is 0 Å². The Labute approximate surface area is 79.7 Å². The average molecular weight is 179 g/mol. The third-order valence-corrected chi connectivity index (χ3v) is 2.18. The second-order valence-electron chi connectivity index (χ2n) is 3.42. The van der Waals surface area contributed by atoms with Gasteiger partial charge in [0.15, 0.2) is 0 Å². The molecule has 0 heterocycles. The van der Waals surface area contributed by atoms with Gasteiger partial charge in [0.1, 0.15) is 0 Å². The van der Waals surface area contributed by atoms with E-state index in [-0.39, 0.29) is 6.04 Å². The van der Waals surface area contributed by atoms with E-state index in [1.807, 2.05) is 0 Å². The first-order chi connectivity index (χ1) is 6.15. The SMILES string of the molecule is COC[C@H](N)c1cc(C)ccc1C. The lowest BCUT2D eigenvalue weighted by Gasteiger charge is -2.14. The summed E-state index contributed by atoms with van der Waals surface area (Å²) in [6, 6.07) is 6.31. The van der Waals surface area contributed by atoms with Crippen LogP contribution in [0, 0.1) is 13.8 Å². The van der Waals surface area contributed by atoms with Crippen molar-refractivity contribution in [1.82, 2.24) is 0 Å². The van der Waals surface area contributed by atoms with E-state index < -0.39 is 0 Å². The number of aryl methyl sites for hydroxylation is 2. The molecule has 0 bridgehead atoms. The van der Waals surface area contributed by atoms with Crippen molar-refractivity contribution in [3.8, 4) is 0 Å². The molecule has 0 aliphatic rings. The summed E-state index contributed by atoms with van der Waals surface area (Å²) in [5, 5.41) is 0. The Balaban J connectivity index is 2.91. The second-order valence-corrected chi connectivity index (χ2v) is 3.42. The zero-order valence-electron chi connectivity index (χ0n) is 8.50. The summed E-state index contributed by atoms with van der Waals surface area (Å²) in [6.45, 7) is 4.72. The highest BCUT2D eigenvalue weighted by atomic mass is 16.5. The van der Waals surface area contributed by atoms with Crippen LogP contribution in [0.1, 0.15) is 22.7 Å². The standard InChI is InChI=1S/C11H17NO/c1-8-4-5-9(2)10(6-8)11(12)7-13-3/h4-6,11H,7,12H2,1-3H3/t11-/m0/s1. The summed E-state index contributed by atoms with van der Waals surface area (Å²) in [6.07, 6.45) is 0. The first-order valence-corrected chi connectivity index (χ1v) is 4.47. The van der Waals surface area contributed by atoms with Crippen LogP contribution in [0.3, 0.4) is 0 Å². The van der Waals surface area contributed by atoms with Crippen molar-refractivity contribution >= 4 is 0 Å². The van der Waals surface area contributed by atoms with Gasteiger partial charge in [-0.1, -0.05) is 23.8 Å². The van der Waals surface area contributed by atoms with Gasteiger partial charge in [0.25, 0.3) is 0 Å². The number of benzene rings is 1. The first-order valence-electron chi connectivity index (χ1n) is 4.47. The molecule has 1 aromatic carbocycles. The predicted octanol–water partition coefficient (Wildman–Crippen LogP) is 1.95. The fourth-order valence-corrected chi connectivity index (χ4v) is 1.43.